The maximum absolute atomic E-state index is 11.7. The number of ketones is 1. The summed E-state index contributed by atoms with van der Waals surface area (Å²) < 4.78 is 72.0. The zero-order valence-electron chi connectivity index (χ0n) is 35.3. The van der Waals surface area contributed by atoms with Gasteiger partial charge >= 0.3 is 0 Å². The number of benzene rings is 3. The summed E-state index contributed by atoms with van der Waals surface area (Å²) in [6, 6.07) is 16.7. The summed E-state index contributed by atoms with van der Waals surface area (Å²) >= 11 is 0. The summed E-state index contributed by atoms with van der Waals surface area (Å²) in [5.74, 6) is 0.547. The second-order valence-electron chi connectivity index (χ2n) is 11.9. The van der Waals surface area contributed by atoms with E-state index in [1.807, 2.05) is 58.0 Å². The minimum Gasteiger partial charge on any atom is -0.512 e. The first kappa shape index (κ1) is 24.5. The van der Waals surface area contributed by atoms with Crippen molar-refractivity contribution in [2.75, 3.05) is 0 Å². The van der Waals surface area contributed by atoms with Gasteiger partial charge in [0.1, 0.15) is 0 Å². The number of fused-ring (bicyclic) bond motifs is 2. The van der Waals surface area contributed by atoms with Crippen LogP contribution in [0.4, 0.5) is 0 Å². The van der Waals surface area contributed by atoms with Gasteiger partial charge in [0, 0.05) is 61.4 Å². The molecule has 43 heavy (non-hydrogen) atoms. The van der Waals surface area contributed by atoms with Crippen molar-refractivity contribution in [1.29, 1.82) is 0 Å². The van der Waals surface area contributed by atoms with Crippen molar-refractivity contribution in [2.24, 2.45) is 11.8 Å². The summed E-state index contributed by atoms with van der Waals surface area (Å²) in [7, 11) is 0. The first-order chi connectivity index (χ1) is 23.5. The van der Waals surface area contributed by atoms with Crippen molar-refractivity contribution >= 4 is 27.5 Å². The van der Waals surface area contributed by atoms with E-state index in [1.54, 1.807) is 0 Å². The van der Waals surface area contributed by atoms with Gasteiger partial charge in [-0.3, -0.25) is 9.78 Å². The van der Waals surface area contributed by atoms with Gasteiger partial charge in [0.2, 0.25) is 0 Å². The fourth-order valence-corrected chi connectivity index (χ4v) is 5.28. The molecule has 3 aromatic carbocycles. The molecule has 0 atom stereocenters. The minimum atomic E-state index is -2.74. The van der Waals surface area contributed by atoms with E-state index in [9.17, 15) is 9.90 Å². The molecule has 0 aliphatic heterocycles. The number of aliphatic hydroxyl groups is 1. The smallest absolute Gasteiger partial charge is 0.162 e. The van der Waals surface area contributed by atoms with Gasteiger partial charge < -0.3 is 5.11 Å². The maximum atomic E-state index is 11.7. The van der Waals surface area contributed by atoms with Gasteiger partial charge in [0.25, 0.3) is 0 Å². The van der Waals surface area contributed by atoms with Gasteiger partial charge in [-0.25, -0.2) is 0 Å². The van der Waals surface area contributed by atoms with Crippen LogP contribution in [0.3, 0.4) is 0 Å². The fraction of sp³-hybridized carbons (Fsp3) is 0.436. The van der Waals surface area contributed by atoms with E-state index in [2.05, 4.69) is 31.8 Å². The number of carbonyl (C=O) groups is 1. The van der Waals surface area contributed by atoms with Crippen LogP contribution in [0.2, 0.25) is 0 Å². The maximum Gasteiger partial charge on any atom is 0.162 e. The number of aliphatic hydroxyl groups excluding tert-OH is 1. The molecule has 1 aromatic heterocycles. The number of hydrogen-bond acceptors (Lipinski definition) is 3. The van der Waals surface area contributed by atoms with E-state index in [4.69, 9.17) is 12.3 Å². The average molecular weight is 766 g/mol. The van der Waals surface area contributed by atoms with Crippen LogP contribution in [-0.4, -0.2) is 15.9 Å². The standard InChI is InChI=1S/C26H26N.C13H24O2.Ir/c1-16-11-17(2)25-18(3)13-23(27-24(25)12-16)20-14-19-9-7-8-10-21(19)22(15-20)26(4,5)6;1-5-10(6-2)12(14)9-13(15)11(7-3)8-4;/h7-13,15H,1-6H3;9-11,14H,5-8H2,1-4H3;/q-1;;/b;12-9-;/i1D3,2D3,3D3;;. The Labute approximate surface area is 286 Å². The third-order valence-electron chi connectivity index (χ3n) is 7.85. The first-order valence-corrected chi connectivity index (χ1v) is 14.9. The molecule has 1 N–H and O–H groups in total. The van der Waals surface area contributed by atoms with Gasteiger partial charge in [-0.15, -0.1) is 29.1 Å². The van der Waals surface area contributed by atoms with Crippen molar-refractivity contribution in [1.82, 2.24) is 4.98 Å². The molecule has 0 bridgehead atoms. The van der Waals surface area contributed by atoms with Crippen LogP contribution in [0.1, 0.15) is 109 Å². The summed E-state index contributed by atoms with van der Waals surface area (Å²) in [5, 5.41) is 11.5. The van der Waals surface area contributed by atoms with Gasteiger partial charge in [0.15, 0.2) is 5.78 Å². The summed E-state index contributed by atoms with van der Waals surface area (Å²) in [4.78, 5) is 16.3. The monoisotopic (exact) mass is 766 g/mol. The normalized spacial score (nSPS) is 15.9. The molecule has 4 heteroatoms. The van der Waals surface area contributed by atoms with Crippen molar-refractivity contribution in [3.63, 3.8) is 0 Å². The molecule has 233 valence electrons. The SMILES string of the molecule is CCC(CC)C(=O)/C=C(\O)C(CC)CC.[2H]C([2H])([2H])c1cc(C([2H])([2H])[2H])c2c(C([2H])([2H])[2H])cc(-c3[c-]c4ccccc4c(C(C)(C)C)c3)nc2c1.[Ir]. The van der Waals surface area contributed by atoms with Crippen LogP contribution in [-0.2, 0) is 30.3 Å². The van der Waals surface area contributed by atoms with Gasteiger partial charge in [-0.05, 0) is 74.4 Å². The Bertz CT molecular complexity index is 1880. The summed E-state index contributed by atoms with van der Waals surface area (Å²) in [6.45, 7) is 6.29. The van der Waals surface area contributed by atoms with E-state index in [0.717, 1.165) is 48.1 Å². The van der Waals surface area contributed by atoms with Gasteiger partial charge in [-0.1, -0.05) is 89.7 Å². The number of aromatic nitrogens is 1. The van der Waals surface area contributed by atoms with E-state index in [-0.39, 0.29) is 82.2 Å². The number of nitrogens with zero attached hydrogens (tertiary/aromatic N) is 1. The average Bonchev–Trinajstić information content (AvgIpc) is 3.02. The van der Waals surface area contributed by atoms with Gasteiger partial charge in [-0.2, -0.15) is 0 Å². The largest absolute Gasteiger partial charge is 0.512 e. The Kier molecular flexibility index (Phi) is 8.99. The third kappa shape index (κ3) is 8.87. The topological polar surface area (TPSA) is 50.2 Å². The van der Waals surface area contributed by atoms with Crippen LogP contribution in [0.25, 0.3) is 32.9 Å². The van der Waals surface area contributed by atoms with Crippen molar-refractivity contribution in [3.05, 3.63) is 88.7 Å². The first-order valence-electron chi connectivity index (χ1n) is 19.4. The second-order valence-corrected chi connectivity index (χ2v) is 11.9. The predicted octanol–water partition coefficient (Wildman–Crippen LogP) is 10.9. The molecule has 4 rings (SSSR count). The van der Waals surface area contributed by atoms with E-state index in [1.165, 1.54) is 18.2 Å². The van der Waals surface area contributed by atoms with Crippen LogP contribution in [0, 0.1) is 38.5 Å². The number of aryl methyl sites for hydroxylation is 3. The summed E-state index contributed by atoms with van der Waals surface area (Å²) in [5.41, 5.74) is 0.875. The van der Waals surface area contributed by atoms with E-state index >= 15 is 0 Å². The molecule has 0 amide bonds. The van der Waals surface area contributed by atoms with E-state index in [0.29, 0.717) is 5.56 Å². The van der Waals surface area contributed by atoms with Gasteiger partial charge in [0.05, 0.1) is 11.3 Å². The molecule has 4 aromatic rings. The van der Waals surface area contributed by atoms with Crippen LogP contribution in [0.15, 0.2) is 60.4 Å². The number of allylic oxidation sites excluding steroid dienone is 2. The fourth-order valence-electron chi connectivity index (χ4n) is 5.28. The van der Waals surface area contributed by atoms with E-state index < -0.39 is 20.6 Å². The Morgan fingerprint density at radius 2 is 1.56 bits per heavy atom. The summed E-state index contributed by atoms with van der Waals surface area (Å²) in [6.07, 6.45) is 4.91. The molecule has 0 saturated carbocycles. The number of hydrogen-bond donors (Lipinski definition) is 1. The predicted molar refractivity (Wildman–Crippen MR) is 180 cm³/mol. The molecule has 0 aliphatic rings. The Morgan fingerprint density at radius 3 is 2.14 bits per heavy atom. The Hall–Kier alpha value is -2.81. The molecule has 0 aliphatic carbocycles. The van der Waals surface area contributed by atoms with Crippen molar-refractivity contribution in [3.8, 4) is 11.3 Å². The Balaban J connectivity index is 0.000000497. The molecule has 3 nitrogen and oxygen atoms in total. The van der Waals surface area contributed by atoms with Crippen LogP contribution >= 0.6 is 0 Å². The Morgan fingerprint density at radius 1 is 0.930 bits per heavy atom. The zero-order valence-corrected chi connectivity index (χ0v) is 28.7. The minimum absolute atomic E-state index is 0. The van der Waals surface area contributed by atoms with Crippen LogP contribution in [0.5, 0.6) is 0 Å². The third-order valence-corrected chi connectivity index (χ3v) is 7.85. The number of carbonyl (C=O) groups excluding carboxylic acids is 1. The molecular formula is C39H50IrNO2-. The quantitative estimate of drug-likeness (QED) is 0.110. The van der Waals surface area contributed by atoms with Crippen molar-refractivity contribution < 1.29 is 42.3 Å². The molecule has 0 saturated heterocycles. The molecule has 0 spiro atoms. The molecule has 0 fully saturated rings. The molecule has 0 unspecified atom stereocenters. The van der Waals surface area contributed by atoms with Crippen LogP contribution < -0.4 is 0 Å². The zero-order chi connectivity index (χ0) is 38.7. The number of pyridine rings is 1. The van der Waals surface area contributed by atoms with Crippen molar-refractivity contribution in [2.45, 2.75) is 100 Å². The molecule has 1 radical (unpaired) electrons. The molecule has 1 heterocycles. The molecular weight excluding hydrogens is 707 g/mol. The number of rotatable bonds is 8. The second kappa shape index (κ2) is 15.8.